The van der Waals surface area contributed by atoms with Crippen molar-refractivity contribution in [2.24, 2.45) is 0 Å². The molecule has 1 aromatic heterocycles. The van der Waals surface area contributed by atoms with Crippen molar-refractivity contribution in [1.82, 2.24) is 25.0 Å². The highest BCUT2D eigenvalue weighted by Crippen LogP contribution is 2.20. The highest BCUT2D eigenvalue weighted by Gasteiger charge is 2.22. The van der Waals surface area contributed by atoms with Crippen LogP contribution in [0.5, 0.6) is 5.75 Å². The Morgan fingerprint density at radius 2 is 1.87 bits per heavy atom. The fourth-order valence-electron chi connectivity index (χ4n) is 3.51. The van der Waals surface area contributed by atoms with Crippen molar-refractivity contribution < 1.29 is 9.53 Å². The first-order valence-electron chi connectivity index (χ1n) is 10.6. The fraction of sp³-hybridized carbons (Fsp3) is 0.545. The van der Waals surface area contributed by atoms with Crippen LogP contribution in [-0.4, -0.2) is 69.2 Å². The molecule has 0 bridgehead atoms. The minimum atomic E-state index is -0.312. The van der Waals surface area contributed by atoms with E-state index in [1.807, 2.05) is 43.0 Å². The number of aromatic amines is 1. The maximum absolute atomic E-state index is 12.5. The second-order valence-electron chi connectivity index (χ2n) is 8.15. The number of aromatic nitrogens is 3. The van der Waals surface area contributed by atoms with Crippen LogP contribution in [0.3, 0.4) is 0 Å². The number of hydrogen-bond acceptors (Lipinski definition) is 6. The van der Waals surface area contributed by atoms with Gasteiger partial charge >= 0.3 is 0 Å². The monoisotopic (exact) mass is 413 g/mol. The Morgan fingerprint density at radius 3 is 2.50 bits per heavy atom. The number of carbonyl (C=O) groups is 1. The maximum atomic E-state index is 12.5. The van der Waals surface area contributed by atoms with Crippen molar-refractivity contribution in [2.75, 3.05) is 26.2 Å². The smallest absolute Gasteiger partial charge is 0.273 e. The van der Waals surface area contributed by atoms with E-state index >= 15 is 0 Å². The molecule has 30 heavy (non-hydrogen) atoms. The lowest BCUT2D eigenvalue weighted by molar-refractivity contribution is -0.133. The zero-order chi connectivity index (χ0) is 21.7. The second kappa shape index (κ2) is 9.84. The summed E-state index contributed by atoms with van der Waals surface area (Å²) in [5.41, 5.74) is 0.693. The van der Waals surface area contributed by atoms with Gasteiger partial charge in [0.25, 0.3) is 5.56 Å². The number of benzene rings is 1. The average Bonchev–Trinajstić information content (AvgIpc) is 2.72. The summed E-state index contributed by atoms with van der Waals surface area (Å²) in [6.45, 7) is 11.5. The molecular formula is C22H31N5O3. The van der Waals surface area contributed by atoms with Crippen molar-refractivity contribution in [2.45, 2.75) is 52.7 Å². The van der Waals surface area contributed by atoms with Crippen molar-refractivity contribution >= 4 is 5.91 Å². The minimum absolute atomic E-state index is 0.0543. The number of hydrogen-bond donors (Lipinski definition) is 1. The summed E-state index contributed by atoms with van der Waals surface area (Å²) in [6, 6.07) is 7.86. The van der Waals surface area contributed by atoms with Gasteiger partial charge in [0.2, 0.25) is 5.91 Å². The summed E-state index contributed by atoms with van der Waals surface area (Å²) < 4.78 is 5.69. The van der Waals surface area contributed by atoms with Crippen molar-refractivity contribution in [1.29, 1.82) is 0 Å². The Hall–Kier alpha value is -2.74. The van der Waals surface area contributed by atoms with E-state index in [9.17, 15) is 9.59 Å². The van der Waals surface area contributed by atoms with Gasteiger partial charge in [-0.3, -0.25) is 14.5 Å². The van der Waals surface area contributed by atoms with Crippen LogP contribution in [0, 0.1) is 0 Å². The molecule has 0 unspecified atom stereocenters. The molecule has 1 N–H and O–H groups in total. The van der Waals surface area contributed by atoms with Crippen LogP contribution in [0.25, 0.3) is 11.4 Å². The third-order valence-electron chi connectivity index (χ3n) is 5.22. The van der Waals surface area contributed by atoms with E-state index in [1.54, 1.807) is 0 Å². The van der Waals surface area contributed by atoms with E-state index in [4.69, 9.17) is 4.74 Å². The highest BCUT2D eigenvalue weighted by atomic mass is 16.5. The van der Waals surface area contributed by atoms with Gasteiger partial charge in [0.15, 0.2) is 5.82 Å². The van der Waals surface area contributed by atoms with E-state index < -0.39 is 0 Å². The first-order valence-corrected chi connectivity index (χ1v) is 10.6. The number of nitrogens with one attached hydrogen (secondary N) is 1. The molecule has 0 spiro atoms. The van der Waals surface area contributed by atoms with Gasteiger partial charge in [-0.15, -0.1) is 10.2 Å². The SMILES string of the molecule is CC(C)Oc1cccc(-c2nnc(CCC(=O)N3CCN(C(C)C)CC3)c(=O)[nH]2)c1. The molecule has 1 fully saturated rings. The molecule has 3 rings (SSSR count). The van der Waals surface area contributed by atoms with Gasteiger partial charge in [-0.2, -0.15) is 0 Å². The third-order valence-corrected chi connectivity index (χ3v) is 5.22. The number of rotatable bonds is 7. The summed E-state index contributed by atoms with van der Waals surface area (Å²) in [4.78, 5) is 32.0. The molecular weight excluding hydrogens is 382 g/mol. The molecule has 0 aliphatic carbocycles. The molecule has 8 nitrogen and oxygen atoms in total. The molecule has 1 aliphatic rings. The maximum Gasteiger partial charge on any atom is 0.273 e. The average molecular weight is 414 g/mol. The molecule has 162 valence electrons. The fourth-order valence-corrected chi connectivity index (χ4v) is 3.51. The van der Waals surface area contributed by atoms with E-state index in [0.29, 0.717) is 17.6 Å². The number of carbonyl (C=O) groups excluding carboxylic acids is 1. The van der Waals surface area contributed by atoms with Gasteiger partial charge in [0.05, 0.1) is 6.10 Å². The number of aryl methyl sites for hydroxylation is 1. The van der Waals surface area contributed by atoms with Crippen LogP contribution in [0.1, 0.15) is 39.8 Å². The Bertz CT molecular complexity index is 917. The third kappa shape index (κ3) is 5.66. The molecule has 2 heterocycles. The summed E-state index contributed by atoms with van der Waals surface area (Å²) in [5, 5.41) is 8.24. The summed E-state index contributed by atoms with van der Waals surface area (Å²) in [7, 11) is 0. The molecule has 2 aromatic rings. The Labute approximate surface area is 177 Å². The summed E-state index contributed by atoms with van der Waals surface area (Å²) >= 11 is 0. The van der Waals surface area contributed by atoms with Crippen molar-refractivity contribution in [3.05, 3.63) is 40.3 Å². The van der Waals surface area contributed by atoms with Crippen LogP contribution in [0.15, 0.2) is 29.1 Å². The molecule has 1 saturated heterocycles. The van der Waals surface area contributed by atoms with Gasteiger partial charge in [-0.05, 0) is 39.8 Å². The Kier molecular flexibility index (Phi) is 7.20. The molecule has 0 saturated carbocycles. The van der Waals surface area contributed by atoms with Crippen LogP contribution >= 0.6 is 0 Å². The van der Waals surface area contributed by atoms with E-state index in [-0.39, 0.29) is 36.1 Å². The van der Waals surface area contributed by atoms with E-state index in [0.717, 1.165) is 31.7 Å². The van der Waals surface area contributed by atoms with Crippen molar-refractivity contribution in [3.8, 4) is 17.1 Å². The second-order valence-corrected chi connectivity index (χ2v) is 8.15. The number of ether oxygens (including phenoxy) is 1. The van der Waals surface area contributed by atoms with Crippen LogP contribution in [0.2, 0.25) is 0 Å². The highest BCUT2D eigenvalue weighted by molar-refractivity contribution is 5.76. The number of nitrogens with zero attached hydrogens (tertiary/aromatic N) is 4. The normalized spacial score (nSPS) is 15.1. The molecule has 1 aliphatic heterocycles. The van der Waals surface area contributed by atoms with Gasteiger partial charge in [-0.1, -0.05) is 12.1 Å². The molecule has 1 aromatic carbocycles. The van der Waals surface area contributed by atoms with Crippen LogP contribution in [0.4, 0.5) is 0 Å². The van der Waals surface area contributed by atoms with E-state index in [2.05, 4.69) is 33.9 Å². The first kappa shape index (κ1) is 22.0. The molecule has 0 radical (unpaired) electrons. The zero-order valence-electron chi connectivity index (χ0n) is 18.2. The summed E-state index contributed by atoms with van der Waals surface area (Å²) in [5.74, 6) is 1.15. The van der Waals surface area contributed by atoms with Gasteiger partial charge in [0.1, 0.15) is 11.4 Å². The van der Waals surface area contributed by atoms with Gasteiger partial charge in [0, 0.05) is 50.6 Å². The minimum Gasteiger partial charge on any atom is -0.491 e. The van der Waals surface area contributed by atoms with E-state index in [1.165, 1.54) is 0 Å². The Morgan fingerprint density at radius 1 is 1.13 bits per heavy atom. The largest absolute Gasteiger partial charge is 0.491 e. The predicted molar refractivity (Wildman–Crippen MR) is 115 cm³/mol. The zero-order valence-corrected chi connectivity index (χ0v) is 18.2. The van der Waals surface area contributed by atoms with Gasteiger partial charge in [-0.25, -0.2) is 0 Å². The predicted octanol–water partition coefficient (Wildman–Crippen LogP) is 2.10. The standard InChI is InChI=1S/C22H31N5O3/c1-15(2)26-10-12-27(13-11-26)20(28)9-8-19-22(29)23-21(25-24-19)17-6-5-7-18(14-17)30-16(3)4/h5-7,14-16H,8-13H2,1-4H3,(H,23,25,29). The van der Waals surface area contributed by atoms with Crippen LogP contribution in [-0.2, 0) is 11.2 Å². The quantitative estimate of drug-likeness (QED) is 0.748. The molecule has 1 amide bonds. The first-order chi connectivity index (χ1) is 14.3. The van der Waals surface area contributed by atoms with Gasteiger partial charge < -0.3 is 14.6 Å². The lowest BCUT2D eigenvalue weighted by Gasteiger charge is -2.37. The molecule has 0 atom stereocenters. The lowest BCUT2D eigenvalue weighted by Crippen LogP contribution is -2.50. The number of amides is 1. The topological polar surface area (TPSA) is 91.4 Å². The number of piperazine rings is 1. The van der Waals surface area contributed by atoms with Crippen LogP contribution < -0.4 is 10.3 Å². The number of H-pyrrole nitrogens is 1. The molecule has 8 heteroatoms. The Balaban J connectivity index is 1.60. The summed E-state index contributed by atoms with van der Waals surface area (Å²) in [6.07, 6.45) is 0.595. The lowest BCUT2D eigenvalue weighted by atomic mass is 10.2. The van der Waals surface area contributed by atoms with Crippen molar-refractivity contribution in [3.63, 3.8) is 0 Å².